The van der Waals surface area contributed by atoms with Gasteiger partial charge in [-0.25, -0.2) is 0 Å². The van der Waals surface area contributed by atoms with Crippen LogP contribution in [0.2, 0.25) is 0 Å². The molecule has 0 bridgehead atoms. The molecule has 1 fully saturated rings. The van der Waals surface area contributed by atoms with E-state index in [1.165, 1.54) is 12.1 Å². The number of non-ortho nitro benzene ring substituents is 1. The summed E-state index contributed by atoms with van der Waals surface area (Å²) in [5, 5.41) is 19.7. The molecule has 0 aliphatic carbocycles. The Bertz CT molecular complexity index is 502. The van der Waals surface area contributed by atoms with Crippen LogP contribution in [-0.4, -0.2) is 47.2 Å². The van der Waals surface area contributed by atoms with Gasteiger partial charge >= 0.3 is 5.97 Å². The van der Waals surface area contributed by atoms with Gasteiger partial charge < -0.3 is 9.84 Å². The van der Waals surface area contributed by atoms with E-state index in [0.717, 1.165) is 5.56 Å². The summed E-state index contributed by atoms with van der Waals surface area (Å²) in [6.45, 7) is 1.14. The summed E-state index contributed by atoms with van der Waals surface area (Å²) < 4.78 is 5.23. The van der Waals surface area contributed by atoms with E-state index in [1.54, 1.807) is 12.1 Å². The summed E-state index contributed by atoms with van der Waals surface area (Å²) in [7, 11) is 1.83. The van der Waals surface area contributed by atoms with E-state index in [2.05, 4.69) is 0 Å². The van der Waals surface area contributed by atoms with Crippen molar-refractivity contribution in [1.29, 1.82) is 0 Å². The molecule has 1 aromatic carbocycles. The van der Waals surface area contributed by atoms with Crippen LogP contribution in [-0.2, 0) is 16.1 Å². The van der Waals surface area contributed by atoms with Gasteiger partial charge in [-0.1, -0.05) is 12.1 Å². The zero-order valence-corrected chi connectivity index (χ0v) is 11.1. The van der Waals surface area contributed by atoms with Crippen LogP contribution < -0.4 is 0 Å². The highest BCUT2D eigenvalue weighted by molar-refractivity contribution is 5.71. The monoisotopic (exact) mass is 280 g/mol. The number of carboxylic acid groups (broad SMARTS) is 1. The quantitative estimate of drug-likeness (QED) is 0.642. The van der Waals surface area contributed by atoms with Crippen molar-refractivity contribution in [2.45, 2.75) is 12.6 Å². The maximum absolute atomic E-state index is 11.1. The number of hydrogen-bond donors (Lipinski definition) is 1. The van der Waals surface area contributed by atoms with E-state index in [-0.39, 0.29) is 18.3 Å². The van der Waals surface area contributed by atoms with Crippen LogP contribution in [0.25, 0.3) is 0 Å². The minimum absolute atomic E-state index is 0.0454. The van der Waals surface area contributed by atoms with Crippen molar-refractivity contribution in [3.63, 3.8) is 0 Å². The lowest BCUT2D eigenvalue weighted by atomic mass is 10.0. The van der Waals surface area contributed by atoms with Crippen LogP contribution in [0.3, 0.4) is 0 Å². The Kier molecular flexibility index (Phi) is 4.31. The Labute approximate surface area is 115 Å². The molecule has 2 atom stereocenters. The molecule has 1 N–H and O–H groups in total. The minimum Gasteiger partial charge on any atom is -0.481 e. The largest absolute Gasteiger partial charge is 0.481 e. The average molecular weight is 280 g/mol. The van der Waals surface area contributed by atoms with Gasteiger partial charge in [0.2, 0.25) is 0 Å². The molecule has 0 amide bonds. The molecule has 7 nitrogen and oxygen atoms in total. The second-order valence-corrected chi connectivity index (χ2v) is 4.89. The molecule has 1 saturated heterocycles. The molecule has 2 rings (SSSR count). The van der Waals surface area contributed by atoms with Gasteiger partial charge in [-0.3, -0.25) is 19.8 Å². The van der Waals surface area contributed by atoms with Crippen LogP contribution in [0.15, 0.2) is 24.3 Å². The van der Waals surface area contributed by atoms with E-state index < -0.39 is 16.8 Å². The van der Waals surface area contributed by atoms with E-state index in [1.807, 2.05) is 11.9 Å². The Balaban J connectivity index is 2.02. The van der Waals surface area contributed by atoms with Gasteiger partial charge in [-0.2, -0.15) is 0 Å². The zero-order valence-electron chi connectivity index (χ0n) is 11.1. The van der Waals surface area contributed by atoms with E-state index in [0.29, 0.717) is 13.2 Å². The van der Waals surface area contributed by atoms with Crippen molar-refractivity contribution in [1.82, 2.24) is 4.90 Å². The number of aliphatic carboxylic acids is 1. The van der Waals surface area contributed by atoms with Gasteiger partial charge in [0.15, 0.2) is 0 Å². The van der Waals surface area contributed by atoms with Gasteiger partial charge in [-0.05, 0) is 12.6 Å². The standard InChI is InChI=1S/C13H16N2O5/c1-14(12-8-20-7-11(12)13(16)17)6-9-2-4-10(5-3-9)15(18)19/h2-5,11-12H,6-8H2,1H3,(H,16,17). The maximum Gasteiger partial charge on any atom is 0.310 e. The molecule has 2 unspecified atom stereocenters. The molecular formula is C13H16N2O5. The number of nitrogens with zero attached hydrogens (tertiary/aromatic N) is 2. The summed E-state index contributed by atoms with van der Waals surface area (Å²) in [6, 6.07) is 6.08. The number of likely N-dealkylation sites (N-methyl/N-ethyl adjacent to an activating group) is 1. The van der Waals surface area contributed by atoms with Gasteiger partial charge in [0.05, 0.1) is 24.1 Å². The predicted octanol–water partition coefficient (Wildman–Crippen LogP) is 1.13. The summed E-state index contributed by atoms with van der Waals surface area (Å²) in [6.07, 6.45) is 0. The molecule has 1 heterocycles. The number of nitro groups is 1. The number of nitro benzene ring substituents is 1. The molecule has 20 heavy (non-hydrogen) atoms. The number of benzene rings is 1. The average Bonchev–Trinajstić information content (AvgIpc) is 2.88. The first kappa shape index (κ1) is 14.4. The van der Waals surface area contributed by atoms with Gasteiger partial charge in [0.25, 0.3) is 5.69 Å². The third-order valence-electron chi connectivity index (χ3n) is 3.51. The van der Waals surface area contributed by atoms with Crippen LogP contribution in [0, 0.1) is 16.0 Å². The Morgan fingerprint density at radius 1 is 1.45 bits per heavy atom. The van der Waals surface area contributed by atoms with Crippen molar-refractivity contribution in [3.05, 3.63) is 39.9 Å². The van der Waals surface area contributed by atoms with Crippen molar-refractivity contribution < 1.29 is 19.6 Å². The molecule has 0 spiro atoms. The van der Waals surface area contributed by atoms with Crippen LogP contribution >= 0.6 is 0 Å². The van der Waals surface area contributed by atoms with Gasteiger partial charge in [0.1, 0.15) is 0 Å². The number of hydrogen-bond acceptors (Lipinski definition) is 5. The highest BCUT2D eigenvalue weighted by Gasteiger charge is 2.36. The zero-order chi connectivity index (χ0) is 14.7. The third-order valence-corrected chi connectivity index (χ3v) is 3.51. The van der Waals surface area contributed by atoms with E-state index in [4.69, 9.17) is 9.84 Å². The SMILES string of the molecule is CN(Cc1ccc([N+](=O)[O-])cc1)C1COCC1C(=O)O. The number of ether oxygens (including phenoxy) is 1. The van der Waals surface area contributed by atoms with Crippen molar-refractivity contribution >= 4 is 11.7 Å². The maximum atomic E-state index is 11.1. The normalized spacial score (nSPS) is 22.1. The predicted molar refractivity (Wildman–Crippen MR) is 70.3 cm³/mol. The lowest BCUT2D eigenvalue weighted by molar-refractivity contribution is -0.384. The summed E-state index contributed by atoms with van der Waals surface area (Å²) in [4.78, 5) is 23.1. The Morgan fingerprint density at radius 2 is 2.10 bits per heavy atom. The lowest BCUT2D eigenvalue weighted by Crippen LogP contribution is -2.40. The van der Waals surface area contributed by atoms with Crippen molar-refractivity contribution in [2.75, 3.05) is 20.3 Å². The second kappa shape index (κ2) is 5.98. The molecule has 0 aromatic heterocycles. The highest BCUT2D eigenvalue weighted by atomic mass is 16.6. The number of rotatable bonds is 5. The molecular weight excluding hydrogens is 264 g/mol. The van der Waals surface area contributed by atoms with E-state index >= 15 is 0 Å². The van der Waals surface area contributed by atoms with Gasteiger partial charge in [0, 0.05) is 24.7 Å². The lowest BCUT2D eigenvalue weighted by Gasteiger charge is -2.26. The molecule has 0 saturated carbocycles. The fraction of sp³-hybridized carbons (Fsp3) is 0.462. The molecule has 1 aromatic rings. The first-order valence-corrected chi connectivity index (χ1v) is 6.23. The summed E-state index contributed by atoms with van der Waals surface area (Å²) >= 11 is 0. The molecule has 1 aliphatic rings. The Morgan fingerprint density at radius 3 is 2.65 bits per heavy atom. The Hall–Kier alpha value is -1.99. The molecule has 7 heteroatoms. The van der Waals surface area contributed by atoms with Crippen LogP contribution in [0.5, 0.6) is 0 Å². The summed E-state index contributed by atoms with van der Waals surface area (Å²) in [5.74, 6) is -1.39. The molecule has 108 valence electrons. The van der Waals surface area contributed by atoms with Crippen molar-refractivity contribution in [2.24, 2.45) is 5.92 Å². The topological polar surface area (TPSA) is 92.9 Å². The van der Waals surface area contributed by atoms with E-state index in [9.17, 15) is 14.9 Å². The fourth-order valence-electron chi connectivity index (χ4n) is 2.34. The number of carbonyl (C=O) groups is 1. The van der Waals surface area contributed by atoms with Crippen LogP contribution in [0.1, 0.15) is 5.56 Å². The smallest absolute Gasteiger partial charge is 0.310 e. The van der Waals surface area contributed by atoms with Gasteiger partial charge in [-0.15, -0.1) is 0 Å². The summed E-state index contributed by atoms with van der Waals surface area (Å²) in [5.41, 5.74) is 0.943. The third kappa shape index (κ3) is 3.12. The fourth-order valence-corrected chi connectivity index (χ4v) is 2.34. The first-order chi connectivity index (χ1) is 9.49. The van der Waals surface area contributed by atoms with Crippen molar-refractivity contribution in [3.8, 4) is 0 Å². The second-order valence-electron chi connectivity index (χ2n) is 4.89. The minimum atomic E-state index is -0.858. The molecule has 0 radical (unpaired) electrons. The van der Waals surface area contributed by atoms with Crippen LogP contribution in [0.4, 0.5) is 5.69 Å². The molecule has 1 aliphatic heterocycles. The number of carboxylic acids is 1. The first-order valence-electron chi connectivity index (χ1n) is 6.23. The highest BCUT2D eigenvalue weighted by Crippen LogP contribution is 2.21.